The molecule has 1 aromatic rings. The van der Waals surface area contributed by atoms with E-state index in [1.165, 1.54) is 6.33 Å². The Balaban J connectivity index is 2.33. The summed E-state index contributed by atoms with van der Waals surface area (Å²) in [4.78, 5) is 4.13. The molecule has 0 spiro atoms. The van der Waals surface area contributed by atoms with Crippen LogP contribution in [0.15, 0.2) is 6.33 Å². The standard InChI is InChI=1S/C10H19F2N5O/c1-2-17-10(14-7-15-17)5-8(16-13)3-4-18-6-9(11)12/h7-9,16H,2-6,13H2,1H3. The van der Waals surface area contributed by atoms with E-state index in [0.29, 0.717) is 12.8 Å². The Bertz CT molecular complexity index is 334. The highest BCUT2D eigenvalue weighted by molar-refractivity contribution is 4.89. The number of halogens is 2. The third-order valence-electron chi connectivity index (χ3n) is 2.51. The van der Waals surface area contributed by atoms with E-state index in [9.17, 15) is 8.78 Å². The Morgan fingerprint density at radius 2 is 2.33 bits per heavy atom. The molecule has 0 aliphatic rings. The van der Waals surface area contributed by atoms with Crippen LogP contribution in [0, 0.1) is 0 Å². The summed E-state index contributed by atoms with van der Waals surface area (Å²) in [5.74, 6) is 6.23. The smallest absolute Gasteiger partial charge is 0.261 e. The van der Waals surface area contributed by atoms with Gasteiger partial charge in [-0.05, 0) is 13.3 Å². The first kappa shape index (κ1) is 14.9. The van der Waals surface area contributed by atoms with E-state index in [-0.39, 0.29) is 12.6 Å². The van der Waals surface area contributed by atoms with Crippen LogP contribution in [0.3, 0.4) is 0 Å². The highest BCUT2D eigenvalue weighted by atomic mass is 19.3. The molecule has 1 rings (SSSR count). The van der Waals surface area contributed by atoms with E-state index >= 15 is 0 Å². The molecule has 1 aromatic heterocycles. The number of nitrogens with two attached hydrogens (primary N) is 1. The molecule has 3 N–H and O–H groups in total. The SMILES string of the molecule is CCn1ncnc1CC(CCOCC(F)F)NN. The Morgan fingerprint density at radius 3 is 2.94 bits per heavy atom. The topological polar surface area (TPSA) is 78.0 Å². The molecule has 0 saturated heterocycles. The van der Waals surface area contributed by atoms with Crippen LogP contribution in [0.5, 0.6) is 0 Å². The fraction of sp³-hybridized carbons (Fsp3) is 0.800. The maximum Gasteiger partial charge on any atom is 0.261 e. The minimum absolute atomic E-state index is 0.0721. The zero-order chi connectivity index (χ0) is 13.4. The van der Waals surface area contributed by atoms with E-state index < -0.39 is 13.0 Å². The molecule has 0 amide bonds. The Hall–Kier alpha value is -1.12. The molecule has 1 heterocycles. The monoisotopic (exact) mass is 263 g/mol. The van der Waals surface area contributed by atoms with Crippen molar-refractivity contribution in [1.29, 1.82) is 0 Å². The van der Waals surface area contributed by atoms with Crippen molar-refractivity contribution in [3.63, 3.8) is 0 Å². The molecular formula is C10H19F2N5O. The van der Waals surface area contributed by atoms with Crippen molar-refractivity contribution in [2.45, 2.75) is 38.8 Å². The van der Waals surface area contributed by atoms with Crippen molar-refractivity contribution in [1.82, 2.24) is 20.2 Å². The zero-order valence-corrected chi connectivity index (χ0v) is 10.4. The molecule has 1 atom stereocenters. The van der Waals surface area contributed by atoms with Crippen LogP contribution in [0.4, 0.5) is 8.78 Å². The Labute approximate surface area is 104 Å². The molecule has 0 saturated carbocycles. The molecule has 104 valence electrons. The van der Waals surface area contributed by atoms with Crippen molar-refractivity contribution in [2.75, 3.05) is 13.2 Å². The van der Waals surface area contributed by atoms with E-state index in [2.05, 4.69) is 15.5 Å². The molecule has 18 heavy (non-hydrogen) atoms. The zero-order valence-electron chi connectivity index (χ0n) is 10.4. The summed E-state index contributed by atoms with van der Waals surface area (Å²) in [5.41, 5.74) is 2.63. The summed E-state index contributed by atoms with van der Waals surface area (Å²) >= 11 is 0. The molecule has 6 nitrogen and oxygen atoms in total. The molecule has 0 aromatic carbocycles. The van der Waals surface area contributed by atoms with Gasteiger partial charge in [0.1, 0.15) is 18.8 Å². The second-order valence-corrected chi connectivity index (χ2v) is 3.81. The summed E-state index contributed by atoms with van der Waals surface area (Å²) in [6.45, 7) is 2.39. The van der Waals surface area contributed by atoms with Gasteiger partial charge >= 0.3 is 0 Å². The minimum Gasteiger partial charge on any atom is -0.375 e. The number of rotatable bonds is 9. The molecule has 0 fully saturated rings. The van der Waals surface area contributed by atoms with Gasteiger partial charge in [0.05, 0.1) is 0 Å². The first-order valence-corrected chi connectivity index (χ1v) is 5.86. The number of alkyl halides is 2. The highest BCUT2D eigenvalue weighted by Crippen LogP contribution is 2.03. The van der Waals surface area contributed by atoms with Crippen molar-refractivity contribution < 1.29 is 13.5 Å². The van der Waals surface area contributed by atoms with E-state index in [1.54, 1.807) is 4.68 Å². The van der Waals surface area contributed by atoms with E-state index in [1.807, 2.05) is 6.92 Å². The number of nitrogens with one attached hydrogen (secondary N) is 1. The third kappa shape index (κ3) is 5.03. The van der Waals surface area contributed by atoms with Crippen LogP contribution < -0.4 is 11.3 Å². The van der Waals surface area contributed by atoms with Gasteiger partial charge in [-0.2, -0.15) is 5.10 Å². The average molecular weight is 263 g/mol. The Morgan fingerprint density at radius 1 is 1.56 bits per heavy atom. The molecule has 0 aliphatic carbocycles. The van der Waals surface area contributed by atoms with Crippen LogP contribution in [-0.4, -0.2) is 40.4 Å². The number of nitrogens with zero attached hydrogens (tertiary/aromatic N) is 3. The van der Waals surface area contributed by atoms with Gasteiger partial charge in [0.25, 0.3) is 6.43 Å². The van der Waals surface area contributed by atoms with Crippen LogP contribution in [-0.2, 0) is 17.7 Å². The number of ether oxygens (including phenoxy) is 1. The summed E-state index contributed by atoms with van der Waals surface area (Å²) in [6.07, 6.45) is 0.180. The first-order valence-electron chi connectivity index (χ1n) is 5.86. The maximum atomic E-state index is 11.9. The maximum absolute atomic E-state index is 11.9. The highest BCUT2D eigenvalue weighted by Gasteiger charge is 2.12. The minimum atomic E-state index is -2.43. The predicted molar refractivity (Wildman–Crippen MR) is 62.0 cm³/mol. The quantitative estimate of drug-likeness (QED) is 0.382. The van der Waals surface area contributed by atoms with Crippen molar-refractivity contribution in [3.8, 4) is 0 Å². The fourth-order valence-electron chi connectivity index (χ4n) is 1.57. The van der Waals surface area contributed by atoms with Gasteiger partial charge in [-0.1, -0.05) is 0 Å². The lowest BCUT2D eigenvalue weighted by molar-refractivity contribution is 0.0143. The molecule has 8 heteroatoms. The van der Waals surface area contributed by atoms with Crippen LogP contribution in [0.1, 0.15) is 19.2 Å². The summed E-state index contributed by atoms with van der Waals surface area (Å²) in [7, 11) is 0. The van der Waals surface area contributed by atoms with Crippen molar-refractivity contribution >= 4 is 0 Å². The number of aryl methyl sites for hydroxylation is 1. The second-order valence-electron chi connectivity index (χ2n) is 3.81. The number of hydrogen-bond acceptors (Lipinski definition) is 5. The van der Waals surface area contributed by atoms with Crippen molar-refractivity contribution in [3.05, 3.63) is 12.2 Å². The normalized spacial score (nSPS) is 13.2. The summed E-state index contributed by atoms with van der Waals surface area (Å²) in [6, 6.07) is -0.0721. The van der Waals surface area contributed by atoms with Gasteiger partial charge in [0, 0.05) is 25.6 Å². The van der Waals surface area contributed by atoms with Gasteiger partial charge in [-0.25, -0.2) is 13.8 Å². The number of hydrogen-bond donors (Lipinski definition) is 2. The van der Waals surface area contributed by atoms with Gasteiger partial charge in [0.2, 0.25) is 0 Å². The van der Waals surface area contributed by atoms with Crippen LogP contribution >= 0.6 is 0 Å². The van der Waals surface area contributed by atoms with Crippen LogP contribution in [0.25, 0.3) is 0 Å². The Kier molecular flexibility index (Phi) is 6.69. The van der Waals surface area contributed by atoms with Gasteiger partial charge in [-0.15, -0.1) is 0 Å². The van der Waals surface area contributed by atoms with E-state index in [0.717, 1.165) is 12.4 Å². The largest absolute Gasteiger partial charge is 0.375 e. The van der Waals surface area contributed by atoms with Gasteiger partial charge in [0.15, 0.2) is 0 Å². The van der Waals surface area contributed by atoms with E-state index in [4.69, 9.17) is 10.6 Å². The number of hydrazine groups is 1. The van der Waals surface area contributed by atoms with Gasteiger partial charge < -0.3 is 4.74 Å². The summed E-state index contributed by atoms with van der Waals surface area (Å²) < 4.78 is 30.3. The lowest BCUT2D eigenvalue weighted by atomic mass is 10.1. The summed E-state index contributed by atoms with van der Waals surface area (Å²) in [5, 5.41) is 4.05. The molecule has 1 unspecified atom stereocenters. The van der Waals surface area contributed by atoms with Gasteiger partial charge in [-0.3, -0.25) is 16.0 Å². The first-order chi connectivity index (χ1) is 8.67. The predicted octanol–water partition coefficient (Wildman–Crippen LogP) is 0.344. The third-order valence-corrected chi connectivity index (χ3v) is 2.51. The lowest BCUT2D eigenvalue weighted by Gasteiger charge is -2.15. The average Bonchev–Trinajstić information content (AvgIpc) is 2.79. The fourth-order valence-corrected chi connectivity index (χ4v) is 1.57. The molecule has 0 radical (unpaired) electrons. The molecule has 0 aliphatic heterocycles. The van der Waals surface area contributed by atoms with Crippen LogP contribution in [0.2, 0.25) is 0 Å². The second kappa shape index (κ2) is 8.06. The molecule has 0 bridgehead atoms. The lowest BCUT2D eigenvalue weighted by Crippen LogP contribution is -2.38. The van der Waals surface area contributed by atoms with Crippen molar-refractivity contribution in [2.24, 2.45) is 5.84 Å². The molecular weight excluding hydrogens is 244 g/mol. The number of aromatic nitrogens is 3.